The van der Waals surface area contributed by atoms with Crippen molar-refractivity contribution in [3.8, 4) is 0 Å². The van der Waals surface area contributed by atoms with Crippen molar-refractivity contribution < 1.29 is 31.9 Å². The van der Waals surface area contributed by atoms with Gasteiger partial charge >= 0.3 is 99.0 Å². The van der Waals surface area contributed by atoms with E-state index in [1.807, 2.05) is 20.8 Å². The van der Waals surface area contributed by atoms with Gasteiger partial charge in [-0.05, 0) is 0 Å². The van der Waals surface area contributed by atoms with Crippen LogP contribution in [0.4, 0.5) is 0 Å². The molecule has 4 heteroatoms. The summed E-state index contributed by atoms with van der Waals surface area (Å²) in [6, 6.07) is 0. The van der Waals surface area contributed by atoms with Crippen LogP contribution in [-0.2, 0) is 31.9 Å². The normalized spacial score (nSPS) is 28.9. The zero-order chi connectivity index (χ0) is 9.90. The van der Waals surface area contributed by atoms with Gasteiger partial charge in [-0.2, -0.15) is 0 Å². The first kappa shape index (κ1) is 12.4. The molecule has 0 aliphatic heterocycles. The maximum atomic E-state index is 5.50. The Bertz CT molecular complexity index is 158. The number of halogens is 1. The van der Waals surface area contributed by atoms with Gasteiger partial charge in [-0.1, -0.05) is 0 Å². The molecule has 2 nitrogen and oxygen atoms in total. The molecular formula is C9H17BrHgO2. The van der Waals surface area contributed by atoms with Crippen LogP contribution in [0.15, 0.2) is 0 Å². The van der Waals surface area contributed by atoms with Crippen molar-refractivity contribution in [2.24, 2.45) is 0 Å². The quantitative estimate of drug-likeness (QED) is 0.382. The summed E-state index contributed by atoms with van der Waals surface area (Å²) in [5.41, 5.74) is -0.170. The van der Waals surface area contributed by atoms with Crippen LogP contribution in [-0.4, -0.2) is 11.7 Å². The molecule has 13 heavy (non-hydrogen) atoms. The fourth-order valence-electron chi connectivity index (χ4n) is 1.51. The molecule has 0 aromatic carbocycles. The van der Waals surface area contributed by atoms with Crippen LogP contribution in [0.5, 0.6) is 0 Å². The summed E-state index contributed by atoms with van der Waals surface area (Å²) in [7, 11) is 0. The molecule has 0 aromatic rings. The van der Waals surface area contributed by atoms with Gasteiger partial charge in [0.2, 0.25) is 0 Å². The molecule has 0 heterocycles. The van der Waals surface area contributed by atoms with E-state index in [4.69, 9.17) is 9.78 Å². The van der Waals surface area contributed by atoms with Gasteiger partial charge in [0, 0.05) is 0 Å². The second kappa shape index (κ2) is 5.43. The van der Waals surface area contributed by atoms with Crippen molar-refractivity contribution >= 4 is 11.9 Å². The Morgan fingerprint density at radius 1 is 1.31 bits per heavy atom. The summed E-state index contributed by atoms with van der Waals surface area (Å²) in [6.45, 7) is 6.07. The summed E-state index contributed by atoms with van der Waals surface area (Å²) in [6.07, 6.45) is 4.24. The third-order valence-electron chi connectivity index (χ3n) is 2.21. The Labute approximate surface area is 98.4 Å². The van der Waals surface area contributed by atoms with Crippen molar-refractivity contribution in [1.29, 1.82) is 0 Å². The minimum atomic E-state index is -0.793. The molecular weight excluding hydrogens is 421 g/mol. The molecule has 74 valence electrons. The first-order valence-electron chi connectivity index (χ1n) is 4.93. The fourth-order valence-corrected chi connectivity index (χ4v) is 11.7. The van der Waals surface area contributed by atoms with E-state index in [-0.39, 0.29) is 5.60 Å². The predicted molar refractivity (Wildman–Crippen MR) is 52.2 cm³/mol. The Morgan fingerprint density at radius 2 is 2.00 bits per heavy atom. The molecule has 1 rings (SSSR count). The van der Waals surface area contributed by atoms with E-state index in [1.165, 1.54) is 19.3 Å². The Morgan fingerprint density at radius 3 is 2.54 bits per heavy atom. The van der Waals surface area contributed by atoms with Crippen molar-refractivity contribution in [1.82, 2.24) is 0 Å². The molecule has 0 amide bonds. The molecule has 2 atom stereocenters. The number of rotatable bonds is 3. The minimum absolute atomic E-state index is 0.170. The van der Waals surface area contributed by atoms with E-state index in [1.54, 1.807) is 0 Å². The van der Waals surface area contributed by atoms with Gasteiger partial charge in [0.15, 0.2) is 0 Å². The molecule has 2 unspecified atom stereocenters. The molecule has 0 radical (unpaired) electrons. The van der Waals surface area contributed by atoms with Gasteiger partial charge in [0.05, 0.1) is 0 Å². The van der Waals surface area contributed by atoms with Crippen LogP contribution in [0, 0.1) is 0 Å². The average Bonchev–Trinajstić information content (AvgIpc) is 2.46. The van der Waals surface area contributed by atoms with Gasteiger partial charge in [-0.25, -0.2) is 0 Å². The molecule has 0 spiro atoms. The van der Waals surface area contributed by atoms with E-state index in [9.17, 15) is 0 Å². The van der Waals surface area contributed by atoms with Crippen molar-refractivity contribution in [3.05, 3.63) is 0 Å². The molecule has 0 aromatic heterocycles. The van der Waals surface area contributed by atoms with Crippen LogP contribution in [0.1, 0.15) is 40.0 Å². The van der Waals surface area contributed by atoms with Gasteiger partial charge in [-0.15, -0.1) is 0 Å². The first-order chi connectivity index (χ1) is 6.03. The zero-order valence-corrected chi connectivity index (χ0v) is 15.8. The average molecular weight is 438 g/mol. The molecule has 1 fully saturated rings. The van der Waals surface area contributed by atoms with E-state index in [0.29, 0.717) is 6.10 Å². The fraction of sp³-hybridized carbons (Fsp3) is 1.00. The summed E-state index contributed by atoms with van der Waals surface area (Å²) < 4.78 is 0.849. The van der Waals surface area contributed by atoms with Gasteiger partial charge in [0.1, 0.15) is 0 Å². The monoisotopic (exact) mass is 438 g/mol. The van der Waals surface area contributed by atoms with E-state index >= 15 is 0 Å². The third-order valence-corrected chi connectivity index (χ3v) is 14.7. The SMILES string of the molecule is CC(C)(C)OOC1CCC[CH]1[Hg][Br]. The Hall–Kier alpha value is 1.34. The van der Waals surface area contributed by atoms with Gasteiger partial charge in [-0.3, -0.25) is 0 Å². The molecule has 1 saturated carbocycles. The first-order valence-corrected chi connectivity index (χ1v) is 20.0. The zero-order valence-electron chi connectivity index (χ0n) is 8.68. The summed E-state index contributed by atoms with van der Waals surface area (Å²) in [5, 5.41) is 0. The van der Waals surface area contributed by atoms with Crippen molar-refractivity contribution in [2.75, 3.05) is 0 Å². The molecule has 0 N–H and O–H groups in total. The van der Waals surface area contributed by atoms with Gasteiger partial charge in [0.25, 0.3) is 0 Å². The van der Waals surface area contributed by atoms with E-state index in [0.717, 1.165) is 3.43 Å². The molecule has 0 saturated heterocycles. The molecule has 1 aliphatic rings. The summed E-state index contributed by atoms with van der Waals surface area (Å²) in [5.74, 6) is 0. The van der Waals surface area contributed by atoms with Crippen molar-refractivity contribution in [2.45, 2.75) is 55.2 Å². The topological polar surface area (TPSA) is 18.5 Å². The third kappa shape index (κ3) is 4.58. The van der Waals surface area contributed by atoms with Crippen LogP contribution in [0.2, 0.25) is 3.43 Å². The summed E-state index contributed by atoms with van der Waals surface area (Å²) in [4.78, 5) is 10.9. The predicted octanol–water partition coefficient (Wildman–Crippen LogP) is 3.47. The van der Waals surface area contributed by atoms with E-state index in [2.05, 4.69) is 11.9 Å². The van der Waals surface area contributed by atoms with Gasteiger partial charge < -0.3 is 0 Å². The molecule has 0 bridgehead atoms. The van der Waals surface area contributed by atoms with Crippen LogP contribution >= 0.6 is 11.9 Å². The standard InChI is InChI=1S/C9H17O2.BrH.Hg/c1-9(2,3)11-10-8-6-4-5-7-8;;/h6,8H,4-5,7H2,1-3H3;1H;/q;;+1/p-1. The van der Waals surface area contributed by atoms with Crippen LogP contribution in [0.3, 0.4) is 0 Å². The van der Waals surface area contributed by atoms with Crippen LogP contribution in [0.25, 0.3) is 0 Å². The van der Waals surface area contributed by atoms with Crippen molar-refractivity contribution in [3.63, 3.8) is 0 Å². The number of hydrogen-bond donors (Lipinski definition) is 0. The number of hydrogen-bond acceptors (Lipinski definition) is 2. The second-order valence-corrected chi connectivity index (χ2v) is 15.6. The Balaban J connectivity index is 2.28. The maximum absolute atomic E-state index is 5.50. The molecule has 1 aliphatic carbocycles. The Kier molecular flexibility index (Phi) is 5.18. The summed E-state index contributed by atoms with van der Waals surface area (Å²) >= 11 is 2.93. The second-order valence-electron chi connectivity index (χ2n) is 4.68. The van der Waals surface area contributed by atoms with E-state index < -0.39 is 22.1 Å². The van der Waals surface area contributed by atoms with Crippen LogP contribution < -0.4 is 0 Å².